The highest BCUT2D eigenvalue weighted by atomic mass is 79.9. The smallest absolute Gasteiger partial charge is 0.0175 e. The molecule has 1 aromatic rings. The lowest BCUT2D eigenvalue weighted by atomic mass is 10.1. The molecule has 0 unspecified atom stereocenters. The summed E-state index contributed by atoms with van der Waals surface area (Å²) in [7, 11) is 0. The van der Waals surface area contributed by atoms with Gasteiger partial charge in [0.15, 0.2) is 0 Å². The molecule has 3 N–H and O–H groups in total. The van der Waals surface area contributed by atoms with Crippen molar-refractivity contribution in [2.75, 3.05) is 19.6 Å². The highest BCUT2D eigenvalue weighted by molar-refractivity contribution is 9.10. The molecule has 0 bridgehead atoms. The van der Waals surface area contributed by atoms with Crippen LogP contribution in [0.4, 0.5) is 0 Å². The Labute approximate surface area is 99.7 Å². The van der Waals surface area contributed by atoms with Crippen LogP contribution in [0.3, 0.4) is 0 Å². The van der Waals surface area contributed by atoms with Gasteiger partial charge in [0.05, 0.1) is 0 Å². The van der Waals surface area contributed by atoms with Crippen molar-refractivity contribution in [1.29, 1.82) is 0 Å². The van der Waals surface area contributed by atoms with Crippen LogP contribution in [0.15, 0.2) is 40.9 Å². The molecule has 0 aliphatic heterocycles. The number of nitrogens with one attached hydrogen (secondary N) is 1. The van der Waals surface area contributed by atoms with E-state index in [2.05, 4.69) is 51.6 Å². The molecule has 0 spiro atoms. The molecule has 0 aliphatic carbocycles. The second-order valence-corrected chi connectivity index (χ2v) is 4.20. The van der Waals surface area contributed by atoms with E-state index in [1.807, 2.05) is 6.08 Å². The molecule has 0 aromatic heterocycles. The minimum absolute atomic E-state index is 0.619. The Hall–Kier alpha value is -0.640. The zero-order valence-electron chi connectivity index (χ0n) is 8.75. The Morgan fingerprint density at radius 3 is 2.60 bits per heavy atom. The second kappa shape index (κ2) is 7.63. The fraction of sp³-hybridized carbons (Fsp3) is 0.333. The molecule has 1 aromatic carbocycles. The van der Waals surface area contributed by atoms with Gasteiger partial charge in [0, 0.05) is 17.6 Å². The monoisotopic (exact) mass is 268 g/mol. The summed E-state index contributed by atoms with van der Waals surface area (Å²) in [4.78, 5) is 0. The molecule has 2 nitrogen and oxygen atoms in total. The lowest BCUT2D eigenvalue weighted by Gasteiger charge is -2.02. The van der Waals surface area contributed by atoms with Crippen LogP contribution in [0.5, 0.6) is 0 Å². The minimum Gasteiger partial charge on any atom is -0.327 e. The van der Waals surface area contributed by atoms with Crippen LogP contribution in [0.25, 0.3) is 0 Å². The topological polar surface area (TPSA) is 38.0 Å². The van der Waals surface area contributed by atoms with Gasteiger partial charge in [0.1, 0.15) is 0 Å². The number of hydrogen-bond donors (Lipinski definition) is 2. The Kier molecular flexibility index (Phi) is 6.32. The summed E-state index contributed by atoms with van der Waals surface area (Å²) in [6.45, 7) is 2.51. The van der Waals surface area contributed by atoms with Gasteiger partial charge in [-0.05, 0) is 30.7 Å². The zero-order valence-corrected chi connectivity index (χ0v) is 10.3. The molecule has 0 saturated carbocycles. The normalized spacial score (nSPS) is 11.1. The van der Waals surface area contributed by atoms with Crippen LogP contribution in [-0.2, 0) is 6.42 Å². The van der Waals surface area contributed by atoms with E-state index in [1.165, 1.54) is 5.56 Å². The highest BCUT2D eigenvalue weighted by Crippen LogP contribution is 2.10. The van der Waals surface area contributed by atoms with Gasteiger partial charge in [0.25, 0.3) is 0 Å². The van der Waals surface area contributed by atoms with Crippen molar-refractivity contribution in [1.82, 2.24) is 5.32 Å². The lowest BCUT2D eigenvalue weighted by Crippen LogP contribution is -2.17. The quantitative estimate of drug-likeness (QED) is 0.613. The largest absolute Gasteiger partial charge is 0.327 e. The van der Waals surface area contributed by atoms with E-state index in [1.54, 1.807) is 0 Å². The summed E-state index contributed by atoms with van der Waals surface area (Å²) in [6, 6.07) is 8.43. The van der Waals surface area contributed by atoms with Crippen molar-refractivity contribution in [3.63, 3.8) is 0 Å². The van der Waals surface area contributed by atoms with Gasteiger partial charge in [-0.3, -0.25) is 0 Å². The molecule has 0 fully saturated rings. The second-order valence-electron chi connectivity index (χ2n) is 3.29. The Morgan fingerprint density at radius 1 is 1.20 bits per heavy atom. The van der Waals surface area contributed by atoms with Crippen LogP contribution in [0.2, 0.25) is 0 Å². The van der Waals surface area contributed by atoms with Crippen LogP contribution in [-0.4, -0.2) is 19.6 Å². The molecule has 0 amide bonds. The molecule has 15 heavy (non-hydrogen) atoms. The van der Waals surface area contributed by atoms with Gasteiger partial charge >= 0.3 is 0 Å². The van der Waals surface area contributed by atoms with E-state index in [-0.39, 0.29) is 0 Å². The van der Waals surface area contributed by atoms with E-state index >= 15 is 0 Å². The molecule has 0 atom stereocenters. The SMILES string of the molecule is NC/C=C\CNCCc1ccc(Br)cc1. The van der Waals surface area contributed by atoms with E-state index < -0.39 is 0 Å². The lowest BCUT2D eigenvalue weighted by molar-refractivity contribution is 0.743. The first-order valence-corrected chi connectivity index (χ1v) is 5.92. The van der Waals surface area contributed by atoms with E-state index in [4.69, 9.17) is 5.73 Å². The van der Waals surface area contributed by atoms with Gasteiger partial charge in [-0.2, -0.15) is 0 Å². The molecule has 0 radical (unpaired) electrons. The maximum atomic E-state index is 5.33. The number of nitrogens with two attached hydrogens (primary N) is 1. The molecular formula is C12H17BrN2. The maximum absolute atomic E-state index is 5.33. The average Bonchev–Trinajstić information content (AvgIpc) is 2.26. The van der Waals surface area contributed by atoms with Crippen molar-refractivity contribution in [3.8, 4) is 0 Å². The molecule has 0 saturated heterocycles. The molecule has 0 heterocycles. The number of hydrogen-bond acceptors (Lipinski definition) is 2. The Morgan fingerprint density at radius 2 is 1.93 bits per heavy atom. The van der Waals surface area contributed by atoms with Crippen molar-refractivity contribution in [2.24, 2.45) is 5.73 Å². The number of halogens is 1. The van der Waals surface area contributed by atoms with Crippen LogP contribution in [0.1, 0.15) is 5.56 Å². The molecule has 0 aliphatic rings. The third-order valence-electron chi connectivity index (χ3n) is 2.07. The van der Waals surface area contributed by atoms with Crippen molar-refractivity contribution in [3.05, 3.63) is 46.5 Å². The summed E-state index contributed by atoms with van der Waals surface area (Å²) in [6.07, 6.45) is 5.08. The van der Waals surface area contributed by atoms with Gasteiger partial charge in [0.2, 0.25) is 0 Å². The van der Waals surface area contributed by atoms with Crippen molar-refractivity contribution in [2.45, 2.75) is 6.42 Å². The first kappa shape index (κ1) is 12.4. The van der Waals surface area contributed by atoms with Gasteiger partial charge < -0.3 is 11.1 Å². The van der Waals surface area contributed by atoms with Crippen molar-refractivity contribution >= 4 is 15.9 Å². The number of benzene rings is 1. The molecule has 82 valence electrons. The van der Waals surface area contributed by atoms with E-state index in [0.717, 1.165) is 24.0 Å². The summed E-state index contributed by atoms with van der Waals surface area (Å²) < 4.78 is 1.13. The zero-order chi connectivity index (χ0) is 10.9. The molecular weight excluding hydrogens is 252 g/mol. The van der Waals surface area contributed by atoms with Crippen molar-refractivity contribution < 1.29 is 0 Å². The van der Waals surface area contributed by atoms with Gasteiger partial charge in [-0.1, -0.05) is 40.2 Å². The van der Waals surface area contributed by atoms with Crippen LogP contribution >= 0.6 is 15.9 Å². The first-order chi connectivity index (χ1) is 7.33. The highest BCUT2D eigenvalue weighted by Gasteiger charge is 1.91. The third-order valence-corrected chi connectivity index (χ3v) is 2.60. The summed E-state index contributed by atoms with van der Waals surface area (Å²) >= 11 is 3.42. The average molecular weight is 269 g/mol. The first-order valence-electron chi connectivity index (χ1n) is 5.13. The third kappa shape index (κ3) is 5.72. The Balaban J connectivity index is 2.15. The molecule has 1 rings (SSSR count). The van der Waals surface area contributed by atoms with Crippen LogP contribution < -0.4 is 11.1 Å². The van der Waals surface area contributed by atoms with Gasteiger partial charge in [-0.15, -0.1) is 0 Å². The van der Waals surface area contributed by atoms with E-state index in [0.29, 0.717) is 6.54 Å². The van der Waals surface area contributed by atoms with Gasteiger partial charge in [-0.25, -0.2) is 0 Å². The number of rotatable bonds is 6. The Bertz CT molecular complexity index is 293. The standard InChI is InChI=1S/C12H17BrN2/c13-12-5-3-11(4-6-12)7-10-15-9-2-1-8-14/h1-6,15H,7-10,14H2/b2-1-. The van der Waals surface area contributed by atoms with E-state index in [9.17, 15) is 0 Å². The fourth-order valence-corrected chi connectivity index (χ4v) is 1.51. The maximum Gasteiger partial charge on any atom is 0.0175 e. The predicted molar refractivity (Wildman–Crippen MR) is 68.9 cm³/mol. The molecule has 3 heteroatoms. The van der Waals surface area contributed by atoms with Crippen LogP contribution in [0, 0.1) is 0 Å². The summed E-state index contributed by atoms with van der Waals surface area (Å²) in [5.41, 5.74) is 6.68. The fourth-order valence-electron chi connectivity index (χ4n) is 1.25. The summed E-state index contributed by atoms with van der Waals surface area (Å²) in [5, 5.41) is 3.33. The minimum atomic E-state index is 0.619. The summed E-state index contributed by atoms with van der Waals surface area (Å²) in [5.74, 6) is 0. The predicted octanol–water partition coefficient (Wildman–Crippen LogP) is 2.10.